The summed E-state index contributed by atoms with van der Waals surface area (Å²) in [5.41, 5.74) is 9.25. The van der Waals surface area contributed by atoms with E-state index in [1.807, 2.05) is 31.2 Å². The van der Waals surface area contributed by atoms with Gasteiger partial charge in [0.2, 0.25) is 0 Å². The van der Waals surface area contributed by atoms with Crippen molar-refractivity contribution in [3.05, 3.63) is 29.8 Å². The minimum atomic E-state index is -0.653. The minimum absolute atomic E-state index is 0.145. The van der Waals surface area contributed by atoms with Crippen molar-refractivity contribution in [2.45, 2.75) is 32.6 Å². The molecule has 19 heavy (non-hydrogen) atoms. The lowest BCUT2D eigenvalue weighted by Crippen LogP contribution is -2.26. The van der Waals surface area contributed by atoms with E-state index in [4.69, 9.17) is 10.5 Å². The molecule has 0 saturated heterocycles. The molecule has 0 heterocycles. The van der Waals surface area contributed by atoms with Gasteiger partial charge in [-0.15, -0.1) is 0 Å². The first-order valence-corrected chi connectivity index (χ1v) is 6.32. The van der Waals surface area contributed by atoms with Crippen LogP contribution >= 0.6 is 0 Å². The highest BCUT2D eigenvalue weighted by molar-refractivity contribution is 5.89. The number of nitrogens with two attached hydrogens (primary N) is 1. The quantitative estimate of drug-likeness (QED) is 0.611. The van der Waals surface area contributed by atoms with Gasteiger partial charge in [-0.25, -0.2) is 10.2 Å². The molecule has 0 saturated carbocycles. The molecule has 3 N–H and O–H groups in total. The number of hydrogen-bond acceptors (Lipinski definition) is 3. The SMILES string of the molecule is CCC[C@H](/C(C)=N\NC(N)=O)c1cccc(OC)c1. The molecule has 1 rings (SSSR count). The average Bonchev–Trinajstić information content (AvgIpc) is 2.42. The van der Waals surface area contributed by atoms with Crippen molar-refractivity contribution >= 4 is 11.7 Å². The fraction of sp³-hybridized carbons (Fsp3) is 0.429. The van der Waals surface area contributed by atoms with Gasteiger partial charge in [0.15, 0.2) is 0 Å². The summed E-state index contributed by atoms with van der Waals surface area (Å²) in [4.78, 5) is 10.7. The first-order chi connectivity index (χ1) is 9.08. The summed E-state index contributed by atoms with van der Waals surface area (Å²) in [7, 11) is 1.64. The summed E-state index contributed by atoms with van der Waals surface area (Å²) >= 11 is 0. The van der Waals surface area contributed by atoms with Crippen molar-refractivity contribution in [1.82, 2.24) is 5.43 Å². The topological polar surface area (TPSA) is 76.7 Å². The van der Waals surface area contributed by atoms with Gasteiger partial charge < -0.3 is 10.5 Å². The van der Waals surface area contributed by atoms with Crippen LogP contribution in [-0.4, -0.2) is 18.9 Å². The van der Waals surface area contributed by atoms with Crippen LogP contribution in [-0.2, 0) is 0 Å². The van der Waals surface area contributed by atoms with Gasteiger partial charge in [-0.05, 0) is 31.0 Å². The van der Waals surface area contributed by atoms with Gasteiger partial charge in [0.1, 0.15) is 5.75 Å². The summed E-state index contributed by atoms with van der Waals surface area (Å²) in [5.74, 6) is 0.959. The van der Waals surface area contributed by atoms with Crippen LogP contribution in [0.1, 0.15) is 38.2 Å². The minimum Gasteiger partial charge on any atom is -0.497 e. The van der Waals surface area contributed by atoms with Crippen LogP contribution in [0.5, 0.6) is 5.75 Å². The maximum atomic E-state index is 10.7. The second kappa shape index (κ2) is 7.41. The number of hydrogen-bond donors (Lipinski definition) is 2. The van der Waals surface area contributed by atoms with Crippen molar-refractivity contribution in [3.63, 3.8) is 0 Å². The third-order valence-corrected chi connectivity index (χ3v) is 2.92. The zero-order chi connectivity index (χ0) is 14.3. The molecule has 1 atom stereocenters. The number of ether oxygens (including phenoxy) is 1. The van der Waals surface area contributed by atoms with Gasteiger partial charge in [0.25, 0.3) is 0 Å². The summed E-state index contributed by atoms with van der Waals surface area (Å²) in [5, 5.41) is 4.03. The van der Waals surface area contributed by atoms with Crippen LogP contribution in [0.2, 0.25) is 0 Å². The van der Waals surface area contributed by atoms with E-state index < -0.39 is 6.03 Å². The average molecular weight is 263 g/mol. The lowest BCUT2D eigenvalue weighted by Gasteiger charge is -2.17. The van der Waals surface area contributed by atoms with Crippen LogP contribution in [0, 0.1) is 0 Å². The number of carbonyl (C=O) groups excluding carboxylic acids is 1. The van der Waals surface area contributed by atoms with Crippen molar-refractivity contribution in [3.8, 4) is 5.75 Å². The highest BCUT2D eigenvalue weighted by atomic mass is 16.5. The standard InChI is InChI=1S/C14H21N3O2/c1-4-6-13(10(2)16-17-14(15)18)11-7-5-8-12(9-11)19-3/h5,7-9,13H,4,6H2,1-3H3,(H3,15,17,18)/b16-10-/t13-/m1/s1. The molecule has 0 aromatic heterocycles. The van der Waals surface area contributed by atoms with Gasteiger partial charge in [0, 0.05) is 11.6 Å². The van der Waals surface area contributed by atoms with E-state index in [-0.39, 0.29) is 5.92 Å². The Bertz CT molecular complexity index is 458. The van der Waals surface area contributed by atoms with Gasteiger partial charge >= 0.3 is 6.03 Å². The number of nitrogens with zero attached hydrogens (tertiary/aromatic N) is 1. The molecule has 0 unspecified atom stereocenters. The molecule has 104 valence electrons. The van der Waals surface area contributed by atoms with Crippen LogP contribution in [0.25, 0.3) is 0 Å². The van der Waals surface area contributed by atoms with Crippen molar-refractivity contribution < 1.29 is 9.53 Å². The molecule has 0 spiro atoms. The van der Waals surface area contributed by atoms with Gasteiger partial charge in [0.05, 0.1) is 7.11 Å². The van der Waals surface area contributed by atoms with Crippen molar-refractivity contribution in [2.75, 3.05) is 7.11 Å². The Morgan fingerprint density at radius 2 is 2.26 bits per heavy atom. The number of rotatable bonds is 6. The van der Waals surface area contributed by atoms with Crippen LogP contribution in [0.4, 0.5) is 4.79 Å². The summed E-state index contributed by atoms with van der Waals surface area (Å²) in [6.45, 7) is 4.00. The van der Waals surface area contributed by atoms with Gasteiger partial charge in [-0.1, -0.05) is 25.5 Å². The molecule has 0 fully saturated rings. The molecule has 5 heteroatoms. The first-order valence-electron chi connectivity index (χ1n) is 6.32. The molecule has 5 nitrogen and oxygen atoms in total. The number of hydrazone groups is 1. The Morgan fingerprint density at radius 1 is 1.53 bits per heavy atom. The smallest absolute Gasteiger partial charge is 0.332 e. The highest BCUT2D eigenvalue weighted by Gasteiger charge is 2.15. The second-order valence-corrected chi connectivity index (χ2v) is 4.35. The van der Waals surface area contributed by atoms with Crippen molar-refractivity contribution in [2.24, 2.45) is 10.8 Å². The maximum Gasteiger partial charge on any atom is 0.332 e. The lowest BCUT2D eigenvalue weighted by atomic mass is 9.90. The largest absolute Gasteiger partial charge is 0.497 e. The van der Waals surface area contributed by atoms with Gasteiger partial charge in [-0.3, -0.25) is 0 Å². The zero-order valence-electron chi connectivity index (χ0n) is 11.6. The summed E-state index contributed by atoms with van der Waals surface area (Å²) in [6.07, 6.45) is 1.97. The van der Waals surface area contributed by atoms with Crippen LogP contribution < -0.4 is 15.9 Å². The fourth-order valence-electron chi connectivity index (χ4n) is 1.98. The Hall–Kier alpha value is -2.04. The Labute approximate surface area is 113 Å². The Balaban J connectivity index is 2.98. The lowest BCUT2D eigenvalue weighted by molar-refractivity contribution is 0.249. The van der Waals surface area contributed by atoms with Gasteiger partial charge in [-0.2, -0.15) is 5.10 Å². The fourth-order valence-corrected chi connectivity index (χ4v) is 1.98. The molecule has 1 aromatic carbocycles. The van der Waals surface area contributed by atoms with E-state index in [0.717, 1.165) is 29.9 Å². The highest BCUT2D eigenvalue weighted by Crippen LogP contribution is 2.26. The zero-order valence-corrected chi connectivity index (χ0v) is 11.6. The molecule has 0 aliphatic heterocycles. The van der Waals surface area contributed by atoms with Crippen LogP contribution in [0.15, 0.2) is 29.4 Å². The van der Waals surface area contributed by atoms with E-state index in [1.165, 1.54) is 0 Å². The van der Waals surface area contributed by atoms with E-state index >= 15 is 0 Å². The Morgan fingerprint density at radius 3 is 2.84 bits per heavy atom. The predicted octanol–water partition coefficient (Wildman–Crippen LogP) is 2.62. The summed E-state index contributed by atoms with van der Waals surface area (Å²) < 4.78 is 5.23. The molecule has 0 aliphatic rings. The maximum absolute atomic E-state index is 10.7. The number of urea groups is 1. The Kier molecular flexibility index (Phi) is 5.85. The first kappa shape index (κ1) is 15.0. The predicted molar refractivity (Wildman–Crippen MR) is 76.5 cm³/mol. The second-order valence-electron chi connectivity index (χ2n) is 4.35. The molecule has 2 amide bonds. The van der Waals surface area contributed by atoms with E-state index in [2.05, 4.69) is 17.5 Å². The monoisotopic (exact) mass is 263 g/mol. The third kappa shape index (κ3) is 4.62. The number of nitrogens with one attached hydrogen (secondary N) is 1. The molecule has 1 aromatic rings. The van der Waals surface area contributed by atoms with E-state index in [9.17, 15) is 4.79 Å². The van der Waals surface area contributed by atoms with Crippen LogP contribution in [0.3, 0.4) is 0 Å². The number of amides is 2. The molecular weight excluding hydrogens is 242 g/mol. The normalized spacial score (nSPS) is 12.9. The number of primary amides is 1. The number of carbonyl (C=O) groups is 1. The third-order valence-electron chi connectivity index (χ3n) is 2.92. The molecule has 0 radical (unpaired) electrons. The number of methoxy groups -OCH3 is 1. The molecule has 0 bridgehead atoms. The van der Waals surface area contributed by atoms with E-state index in [1.54, 1.807) is 7.11 Å². The molecular formula is C14H21N3O2. The van der Waals surface area contributed by atoms with E-state index in [0.29, 0.717) is 0 Å². The molecule has 0 aliphatic carbocycles. The number of benzene rings is 1. The summed E-state index contributed by atoms with van der Waals surface area (Å²) in [6, 6.07) is 7.22. The van der Waals surface area contributed by atoms with Crippen molar-refractivity contribution in [1.29, 1.82) is 0 Å².